The Bertz CT molecular complexity index is 222. The van der Waals surface area contributed by atoms with Gasteiger partial charge in [-0.3, -0.25) is 4.79 Å². The SMILES string of the molecule is CCCCC1CCC(C(=O)N[C@@H](C)CO)CC1. The van der Waals surface area contributed by atoms with Gasteiger partial charge in [0, 0.05) is 12.0 Å². The third-order valence-electron chi connectivity index (χ3n) is 3.85. The second-order valence-corrected chi connectivity index (χ2v) is 5.45. The van der Waals surface area contributed by atoms with Crippen LogP contribution < -0.4 is 5.32 Å². The molecule has 0 heterocycles. The van der Waals surface area contributed by atoms with Crippen molar-refractivity contribution in [3.63, 3.8) is 0 Å². The number of aliphatic hydroxyl groups is 1. The maximum atomic E-state index is 11.9. The summed E-state index contributed by atoms with van der Waals surface area (Å²) in [6, 6.07) is -0.111. The Hall–Kier alpha value is -0.570. The molecule has 0 aromatic rings. The van der Waals surface area contributed by atoms with E-state index >= 15 is 0 Å². The molecule has 1 aliphatic rings. The van der Waals surface area contributed by atoms with E-state index in [0.29, 0.717) is 0 Å². The fourth-order valence-electron chi connectivity index (χ4n) is 2.61. The van der Waals surface area contributed by atoms with Gasteiger partial charge < -0.3 is 10.4 Å². The number of hydrogen-bond donors (Lipinski definition) is 2. The zero-order chi connectivity index (χ0) is 12.7. The largest absolute Gasteiger partial charge is 0.394 e. The van der Waals surface area contributed by atoms with E-state index in [4.69, 9.17) is 5.11 Å². The minimum atomic E-state index is -0.111. The second-order valence-electron chi connectivity index (χ2n) is 5.45. The number of rotatable bonds is 6. The Morgan fingerprint density at radius 3 is 2.53 bits per heavy atom. The van der Waals surface area contributed by atoms with Gasteiger partial charge >= 0.3 is 0 Å². The van der Waals surface area contributed by atoms with E-state index in [9.17, 15) is 4.79 Å². The normalized spacial score (nSPS) is 26.5. The van der Waals surface area contributed by atoms with Crippen LogP contribution in [0, 0.1) is 11.8 Å². The van der Waals surface area contributed by atoms with Crippen molar-refractivity contribution in [2.75, 3.05) is 6.61 Å². The lowest BCUT2D eigenvalue weighted by Gasteiger charge is -2.28. The van der Waals surface area contributed by atoms with Crippen LogP contribution in [0.5, 0.6) is 0 Å². The molecule has 1 amide bonds. The van der Waals surface area contributed by atoms with Crippen LogP contribution in [-0.2, 0) is 4.79 Å². The molecule has 0 aromatic heterocycles. The molecule has 1 rings (SSSR count). The van der Waals surface area contributed by atoms with Gasteiger partial charge in [-0.05, 0) is 38.5 Å². The topological polar surface area (TPSA) is 49.3 Å². The summed E-state index contributed by atoms with van der Waals surface area (Å²) < 4.78 is 0. The standard InChI is InChI=1S/C14H27NO2/c1-3-4-5-12-6-8-13(9-7-12)14(17)15-11(2)10-16/h11-13,16H,3-10H2,1-2H3,(H,15,17)/t11-,12?,13?/m0/s1. The Labute approximate surface area is 105 Å². The van der Waals surface area contributed by atoms with Crippen LogP contribution in [0.25, 0.3) is 0 Å². The van der Waals surface area contributed by atoms with E-state index in [0.717, 1.165) is 18.8 Å². The van der Waals surface area contributed by atoms with Crippen LogP contribution in [-0.4, -0.2) is 23.7 Å². The van der Waals surface area contributed by atoms with E-state index < -0.39 is 0 Å². The fraction of sp³-hybridized carbons (Fsp3) is 0.929. The number of carbonyl (C=O) groups excluding carboxylic acids is 1. The molecule has 0 aliphatic heterocycles. The first-order valence-corrected chi connectivity index (χ1v) is 7.08. The van der Waals surface area contributed by atoms with Crippen molar-refractivity contribution in [3.8, 4) is 0 Å². The number of nitrogens with one attached hydrogen (secondary N) is 1. The molecule has 0 aromatic carbocycles. The molecule has 1 fully saturated rings. The lowest BCUT2D eigenvalue weighted by molar-refractivity contribution is -0.127. The van der Waals surface area contributed by atoms with Crippen molar-refractivity contribution >= 4 is 5.91 Å². The number of amides is 1. The van der Waals surface area contributed by atoms with Gasteiger partial charge in [0.15, 0.2) is 0 Å². The maximum absolute atomic E-state index is 11.9. The molecule has 0 unspecified atom stereocenters. The lowest BCUT2D eigenvalue weighted by atomic mass is 9.79. The predicted molar refractivity (Wildman–Crippen MR) is 69.7 cm³/mol. The van der Waals surface area contributed by atoms with Gasteiger partial charge in [0.05, 0.1) is 6.61 Å². The maximum Gasteiger partial charge on any atom is 0.223 e. The first kappa shape index (κ1) is 14.5. The summed E-state index contributed by atoms with van der Waals surface area (Å²) in [6.07, 6.45) is 8.38. The molecular weight excluding hydrogens is 214 g/mol. The summed E-state index contributed by atoms with van der Waals surface area (Å²) in [4.78, 5) is 11.9. The van der Waals surface area contributed by atoms with Crippen LogP contribution in [0.15, 0.2) is 0 Å². The molecule has 1 saturated carbocycles. The van der Waals surface area contributed by atoms with E-state index in [1.165, 1.54) is 32.1 Å². The number of carbonyl (C=O) groups is 1. The van der Waals surface area contributed by atoms with Crippen molar-refractivity contribution < 1.29 is 9.90 Å². The average molecular weight is 241 g/mol. The molecule has 1 atom stereocenters. The highest BCUT2D eigenvalue weighted by atomic mass is 16.3. The zero-order valence-corrected chi connectivity index (χ0v) is 11.2. The molecule has 0 bridgehead atoms. The van der Waals surface area contributed by atoms with Gasteiger partial charge in [-0.15, -0.1) is 0 Å². The van der Waals surface area contributed by atoms with E-state index in [1.54, 1.807) is 0 Å². The summed E-state index contributed by atoms with van der Waals surface area (Å²) >= 11 is 0. The molecule has 2 N–H and O–H groups in total. The van der Waals surface area contributed by atoms with Crippen molar-refractivity contribution in [1.29, 1.82) is 0 Å². The molecule has 100 valence electrons. The summed E-state index contributed by atoms with van der Waals surface area (Å²) in [5.74, 6) is 1.16. The molecule has 0 saturated heterocycles. The van der Waals surface area contributed by atoms with Crippen molar-refractivity contribution in [2.45, 2.75) is 64.8 Å². The quantitative estimate of drug-likeness (QED) is 0.750. The Morgan fingerprint density at radius 1 is 1.35 bits per heavy atom. The van der Waals surface area contributed by atoms with Crippen molar-refractivity contribution in [3.05, 3.63) is 0 Å². The predicted octanol–water partition coefficient (Wildman–Crippen LogP) is 2.48. The Morgan fingerprint density at radius 2 is 2.00 bits per heavy atom. The van der Waals surface area contributed by atoms with Crippen LogP contribution in [0.3, 0.4) is 0 Å². The monoisotopic (exact) mass is 241 g/mol. The van der Waals surface area contributed by atoms with Crippen LogP contribution >= 0.6 is 0 Å². The van der Waals surface area contributed by atoms with E-state index in [1.807, 2.05) is 6.92 Å². The van der Waals surface area contributed by atoms with Crippen molar-refractivity contribution in [2.24, 2.45) is 11.8 Å². The highest BCUT2D eigenvalue weighted by Gasteiger charge is 2.26. The fourth-order valence-corrected chi connectivity index (χ4v) is 2.61. The van der Waals surface area contributed by atoms with Gasteiger partial charge in [-0.2, -0.15) is 0 Å². The Balaban J connectivity index is 2.24. The third-order valence-corrected chi connectivity index (χ3v) is 3.85. The highest BCUT2D eigenvalue weighted by molar-refractivity contribution is 5.78. The lowest BCUT2D eigenvalue weighted by Crippen LogP contribution is -2.40. The second kappa shape index (κ2) is 7.70. The first-order valence-electron chi connectivity index (χ1n) is 7.08. The van der Waals surface area contributed by atoms with Gasteiger partial charge in [-0.1, -0.05) is 26.2 Å². The molecule has 3 heteroatoms. The molecule has 0 spiro atoms. The Kier molecular flexibility index (Phi) is 6.56. The zero-order valence-electron chi connectivity index (χ0n) is 11.2. The van der Waals surface area contributed by atoms with Gasteiger partial charge in [0.25, 0.3) is 0 Å². The summed E-state index contributed by atoms with van der Waals surface area (Å²) in [7, 11) is 0. The summed E-state index contributed by atoms with van der Waals surface area (Å²) in [6.45, 7) is 4.09. The first-order chi connectivity index (χ1) is 8.17. The summed E-state index contributed by atoms with van der Waals surface area (Å²) in [5.41, 5.74) is 0. The molecule has 0 radical (unpaired) electrons. The van der Waals surface area contributed by atoms with Crippen LogP contribution in [0.4, 0.5) is 0 Å². The molecular formula is C14H27NO2. The highest BCUT2D eigenvalue weighted by Crippen LogP contribution is 2.31. The minimum Gasteiger partial charge on any atom is -0.394 e. The third kappa shape index (κ3) is 5.07. The molecule has 3 nitrogen and oxygen atoms in total. The van der Waals surface area contributed by atoms with Gasteiger partial charge in [0.1, 0.15) is 0 Å². The molecule has 1 aliphatic carbocycles. The number of aliphatic hydroxyl groups excluding tert-OH is 1. The van der Waals surface area contributed by atoms with Crippen molar-refractivity contribution in [1.82, 2.24) is 5.32 Å². The van der Waals surface area contributed by atoms with Gasteiger partial charge in [0.2, 0.25) is 5.91 Å². The average Bonchev–Trinajstić information content (AvgIpc) is 2.36. The van der Waals surface area contributed by atoms with Crippen LogP contribution in [0.2, 0.25) is 0 Å². The number of hydrogen-bond acceptors (Lipinski definition) is 2. The minimum absolute atomic E-state index is 0.0254. The summed E-state index contributed by atoms with van der Waals surface area (Å²) in [5, 5.41) is 11.8. The van der Waals surface area contributed by atoms with E-state index in [-0.39, 0.29) is 24.5 Å². The molecule has 17 heavy (non-hydrogen) atoms. The van der Waals surface area contributed by atoms with Crippen LogP contribution in [0.1, 0.15) is 58.8 Å². The smallest absolute Gasteiger partial charge is 0.223 e. The van der Waals surface area contributed by atoms with Gasteiger partial charge in [-0.25, -0.2) is 0 Å². The van der Waals surface area contributed by atoms with E-state index in [2.05, 4.69) is 12.2 Å². The number of unbranched alkanes of at least 4 members (excludes halogenated alkanes) is 1.